The van der Waals surface area contributed by atoms with Gasteiger partial charge in [-0.1, -0.05) is 65.5 Å². The van der Waals surface area contributed by atoms with Crippen LogP contribution in [-0.4, -0.2) is 33.6 Å². The zero-order chi connectivity index (χ0) is 18.9. The smallest absolute Gasteiger partial charge is 0.168 e. The molecule has 0 amide bonds. The Labute approximate surface area is 178 Å². The number of thioether (sulfide) groups is 2. The minimum absolute atomic E-state index is 0.284. The predicted octanol–water partition coefficient (Wildman–Crippen LogP) is 5.23. The standard InChI is InChI=1S/C21H19ClN4S2/c22-16-6-3-4-14(8-16)9-17-11-26-18(13-28-21(26)24-17)12-27-20-23-10-15-5-1-2-7-19(15)25-20/h1-8,13,17H,9-12H2,(H,23,25). The number of fused-ring (bicyclic) bond motifs is 2. The van der Waals surface area contributed by atoms with Crippen molar-refractivity contribution in [1.82, 2.24) is 4.90 Å². The van der Waals surface area contributed by atoms with Crippen molar-refractivity contribution < 1.29 is 0 Å². The summed E-state index contributed by atoms with van der Waals surface area (Å²) >= 11 is 9.60. The van der Waals surface area contributed by atoms with E-state index in [-0.39, 0.29) is 6.04 Å². The van der Waals surface area contributed by atoms with Crippen LogP contribution in [0.3, 0.4) is 0 Å². The van der Waals surface area contributed by atoms with E-state index >= 15 is 0 Å². The highest BCUT2D eigenvalue weighted by atomic mass is 35.5. The SMILES string of the molecule is Clc1cccc(CC2CN3C(CSC4=NCc5ccccc5N4)=CSC3=N2)c1. The zero-order valence-electron chi connectivity index (χ0n) is 15.1. The van der Waals surface area contributed by atoms with Gasteiger partial charge in [0.1, 0.15) is 0 Å². The molecule has 2 aromatic rings. The molecule has 3 aliphatic heterocycles. The molecule has 3 aliphatic rings. The van der Waals surface area contributed by atoms with Crippen LogP contribution >= 0.6 is 35.1 Å². The molecule has 0 saturated heterocycles. The highest BCUT2D eigenvalue weighted by molar-refractivity contribution is 8.17. The molecule has 0 spiro atoms. The first-order valence-corrected chi connectivity index (χ1v) is 11.5. The Kier molecular flexibility index (Phi) is 5.09. The van der Waals surface area contributed by atoms with Gasteiger partial charge in [-0.05, 0) is 41.2 Å². The van der Waals surface area contributed by atoms with E-state index in [2.05, 4.69) is 50.9 Å². The molecule has 4 nitrogen and oxygen atoms in total. The summed E-state index contributed by atoms with van der Waals surface area (Å²) in [5, 5.41) is 8.56. The van der Waals surface area contributed by atoms with Gasteiger partial charge in [-0.3, -0.25) is 9.98 Å². The Morgan fingerprint density at radius 2 is 2.14 bits per heavy atom. The number of benzene rings is 2. The third kappa shape index (κ3) is 3.81. The van der Waals surface area contributed by atoms with Crippen LogP contribution in [0.4, 0.5) is 5.69 Å². The second kappa shape index (κ2) is 7.85. The number of aliphatic imine (C=N–C) groups is 2. The Bertz CT molecular complexity index is 1000. The van der Waals surface area contributed by atoms with Crippen molar-refractivity contribution in [3.63, 3.8) is 0 Å². The highest BCUT2D eigenvalue weighted by Gasteiger charge is 2.32. The normalized spacial score (nSPS) is 20.1. The van der Waals surface area contributed by atoms with Crippen molar-refractivity contribution in [3.05, 3.63) is 75.8 Å². The first-order valence-electron chi connectivity index (χ1n) is 9.22. The van der Waals surface area contributed by atoms with Gasteiger partial charge in [-0.25, -0.2) is 0 Å². The first kappa shape index (κ1) is 18.2. The van der Waals surface area contributed by atoms with Gasteiger partial charge in [0.25, 0.3) is 0 Å². The van der Waals surface area contributed by atoms with E-state index in [4.69, 9.17) is 16.6 Å². The number of halogens is 1. The van der Waals surface area contributed by atoms with Crippen molar-refractivity contribution in [2.24, 2.45) is 9.98 Å². The van der Waals surface area contributed by atoms with Crippen LogP contribution in [-0.2, 0) is 13.0 Å². The molecule has 0 aromatic heterocycles. The van der Waals surface area contributed by atoms with Gasteiger partial charge in [0, 0.05) is 28.7 Å². The molecular formula is C21H19ClN4S2. The fraction of sp³-hybridized carbons (Fsp3) is 0.238. The van der Waals surface area contributed by atoms with Crippen molar-refractivity contribution >= 4 is 51.1 Å². The van der Waals surface area contributed by atoms with Crippen LogP contribution in [0.2, 0.25) is 5.02 Å². The number of nitrogens with one attached hydrogen (secondary N) is 1. The fourth-order valence-corrected chi connectivity index (χ4v) is 5.71. The molecule has 28 heavy (non-hydrogen) atoms. The van der Waals surface area contributed by atoms with Gasteiger partial charge in [0.05, 0.1) is 12.6 Å². The van der Waals surface area contributed by atoms with Gasteiger partial charge >= 0.3 is 0 Å². The Balaban J connectivity index is 1.18. The second-order valence-corrected chi connectivity index (χ2v) is 9.17. The van der Waals surface area contributed by atoms with Crippen LogP contribution in [0.15, 0.2) is 69.6 Å². The summed E-state index contributed by atoms with van der Waals surface area (Å²) in [5.74, 6) is 0.893. The Hall–Kier alpha value is -1.89. The second-order valence-electron chi connectivity index (χ2n) is 6.93. The number of nitrogens with zero attached hydrogens (tertiary/aromatic N) is 3. The van der Waals surface area contributed by atoms with Crippen LogP contribution in [0.1, 0.15) is 11.1 Å². The third-order valence-electron chi connectivity index (χ3n) is 4.93. The van der Waals surface area contributed by atoms with Gasteiger partial charge in [-0.15, -0.1) is 0 Å². The monoisotopic (exact) mass is 426 g/mol. The van der Waals surface area contributed by atoms with E-state index in [9.17, 15) is 0 Å². The Morgan fingerprint density at radius 1 is 1.21 bits per heavy atom. The number of anilines is 1. The molecule has 1 unspecified atom stereocenters. The maximum atomic E-state index is 6.12. The number of para-hydroxylation sites is 1. The summed E-state index contributed by atoms with van der Waals surface area (Å²) in [5.41, 5.74) is 4.97. The minimum Gasteiger partial charge on any atom is -0.335 e. The predicted molar refractivity (Wildman–Crippen MR) is 122 cm³/mol. The number of hydrogen-bond acceptors (Lipinski definition) is 6. The zero-order valence-corrected chi connectivity index (χ0v) is 17.5. The van der Waals surface area contributed by atoms with E-state index in [1.54, 1.807) is 23.5 Å². The number of rotatable bonds is 4. The Morgan fingerprint density at radius 3 is 3.07 bits per heavy atom. The molecule has 1 atom stereocenters. The summed E-state index contributed by atoms with van der Waals surface area (Å²) < 4.78 is 0. The van der Waals surface area contributed by atoms with E-state index in [0.717, 1.165) is 40.6 Å². The molecule has 5 rings (SSSR count). The average Bonchev–Trinajstić information content (AvgIpc) is 3.26. The molecule has 0 bridgehead atoms. The highest BCUT2D eigenvalue weighted by Crippen LogP contribution is 2.34. The van der Waals surface area contributed by atoms with Crippen LogP contribution in [0.25, 0.3) is 0 Å². The minimum atomic E-state index is 0.284. The maximum absolute atomic E-state index is 6.12. The maximum Gasteiger partial charge on any atom is 0.168 e. The van der Waals surface area contributed by atoms with Gasteiger partial charge in [0.15, 0.2) is 10.3 Å². The molecule has 0 aliphatic carbocycles. The summed E-state index contributed by atoms with van der Waals surface area (Å²) in [7, 11) is 0. The molecule has 0 fully saturated rings. The van der Waals surface area contributed by atoms with Crippen molar-refractivity contribution in [2.45, 2.75) is 19.0 Å². The summed E-state index contributed by atoms with van der Waals surface area (Å²) in [4.78, 5) is 11.9. The lowest BCUT2D eigenvalue weighted by Gasteiger charge is -2.20. The van der Waals surface area contributed by atoms with E-state index < -0.39 is 0 Å². The molecule has 1 N–H and O–H groups in total. The molecule has 0 saturated carbocycles. The van der Waals surface area contributed by atoms with Crippen LogP contribution < -0.4 is 5.32 Å². The lowest BCUT2D eigenvalue weighted by molar-refractivity contribution is 0.512. The van der Waals surface area contributed by atoms with Crippen molar-refractivity contribution in [3.8, 4) is 0 Å². The molecule has 7 heteroatoms. The first-order chi connectivity index (χ1) is 13.7. The van der Waals surface area contributed by atoms with Crippen LogP contribution in [0, 0.1) is 0 Å². The summed E-state index contributed by atoms with van der Waals surface area (Å²) in [6.07, 6.45) is 0.923. The summed E-state index contributed by atoms with van der Waals surface area (Å²) in [6, 6.07) is 16.7. The van der Waals surface area contributed by atoms with E-state index in [0.29, 0.717) is 0 Å². The molecule has 3 heterocycles. The summed E-state index contributed by atoms with van der Waals surface area (Å²) in [6.45, 7) is 1.68. The lowest BCUT2D eigenvalue weighted by Crippen LogP contribution is -2.26. The van der Waals surface area contributed by atoms with E-state index in [1.165, 1.54) is 22.5 Å². The van der Waals surface area contributed by atoms with Gasteiger partial charge < -0.3 is 10.2 Å². The van der Waals surface area contributed by atoms with Gasteiger partial charge in [-0.2, -0.15) is 0 Å². The van der Waals surface area contributed by atoms with E-state index in [1.807, 2.05) is 18.2 Å². The molecule has 2 aromatic carbocycles. The fourth-order valence-electron chi connectivity index (χ4n) is 3.55. The number of amidine groups is 2. The van der Waals surface area contributed by atoms with Crippen molar-refractivity contribution in [1.29, 1.82) is 0 Å². The quantitative estimate of drug-likeness (QED) is 0.727. The topological polar surface area (TPSA) is 40.0 Å². The van der Waals surface area contributed by atoms with Crippen molar-refractivity contribution in [2.75, 3.05) is 17.6 Å². The van der Waals surface area contributed by atoms with Gasteiger partial charge in [0.2, 0.25) is 0 Å². The third-order valence-corrected chi connectivity index (χ3v) is 7.04. The lowest BCUT2D eigenvalue weighted by atomic mass is 10.1. The molecule has 0 radical (unpaired) electrons. The molecule has 142 valence electrons. The number of hydrogen-bond donors (Lipinski definition) is 1. The average molecular weight is 427 g/mol. The largest absolute Gasteiger partial charge is 0.335 e. The van der Waals surface area contributed by atoms with Crippen LogP contribution in [0.5, 0.6) is 0 Å². The molecular weight excluding hydrogens is 408 g/mol.